The predicted molar refractivity (Wildman–Crippen MR) is 86.2 cm³/mol. The van der Waals surface area contributed by atoms with E-state index in [0.29, 0.717) is 0 Å². The number of aliphatic imine (C=N–C) groups is 1. The van der Waals surface area contributed by atoms with E-state index in [1.165, 1.54) is 61.5 Å². The van der Waals surface area contributed by atoms with E-state index in [0.717, 1.165) is 13.0 Å². The maximum atomic E-state index is 5.04. The predicted octanol–water partition coefficient (Wildman–Crippen LogP) is 3.74. The molecule has 0 atom stereocenters. The third kappa shape index (κ3) is 2.67. The standard InChI is InChI=1S/C17H25N3/c1-14-8-7-9-15(20-12-5-6-13-20)17(14)18-16-10-3-4-11-19(16)2/h7-9H,3-6,10-13H2,1-2H3. The fraction of sp³-hybridized carbons (Fsp3) is 0.588. The van der Waals surface area contributed by atoms with Crippen LogP contribution >= 0.6 is 0 Å². The van der Waals surface area contributed by atoms with E-state index in [2.05, 4.69) is 42.0 Å². The Balaban J connectivity index is 1.96. The topological polar surface area (TPSA) is 18.8 Å². The number of amidine groups is 1. The molecule has 20 heavy (non-hydrogen) atoms. The molecule has 2 heterocycles. The Bertz CT molecular complexity index is 501. The lowest BCUT2D eigenvalue weighted by molar-refractivity contribution is 0.434. The van der Waals surface area contributed by atoms with Gasteiger partial charge in [-0.2, -0.15) is 0 Å². The molecule has 108 valence electrons. The third-order valence-electron chi connectivity index (χ3n) is 4.49. The minimum absolute atomic E-state index is 1.12. The van der Waals surface area contributed by atoms with Gasteiger partial charge in [0.05, 0.1) is 11.4 Å². The van der Waals surface area contributed by atoms with Gasteiger partial charge in [-0.3, -0.25) is 0 Å². The van der Waals surface area contributed by atoms with Gasteiger partial charge < -0.3 is 9.80 Å². The molecule has 0 amide bonds. The molecular weight excluding hydrogens is 246 g/mol. The molecule has 1 aromatic rings. The van der Waals surface area contributed by atoms with E-state index < -0.39 is 0 Å². The van der Waals surface area contributed by atoms with Crippen molar-refractivity contribution in [2.75, 3.05) is 31.6 Å². The van der Waals surface area contributed by atoms with Gasteiger partial charge >= 0.3 is 0 Å². The van der Waals surface area contributed by atoms with Crippen molar-refractivity contribution in [3.8, 4) is 0 Å². The van der Waals surface area contributed by atoms with E-state index in [1.54, 1.807) is 0 Å². The first-order chi connectivity index (χ1) is 9.75. The first-order valence-electron chi connectivity index (χ1n) is 7.89. The van der Waals surface area contributed by atoms with Gasteiger partial charge in [0.1, 0.15) is 5.84 Å². The number of hydrogen-bond donors (Lipinski definition) is 0. The first kappa shape index (κ1) is 13.5. The van der Waals surface area contributed by atoms with Crippen LogP contribution in [-0.4, -0.2) is 37.4 Å². The molecule has 0 radical (unpaired) electrons. The molecule has 0 spiro atoms. The molecule has 2 fully saturated rings. The van der Waals surface area contributed by atoms with Crippen molar-refractivity contribution in [1.82, 2.24) is 4.90 Å². The van der Waals surface area contributed by atoms with Crippen molar-refractivity contribution in [1.29, 1.82) is 0 Å². The highest BCUT2D eigenvalue weighted by atomic mass is 15.2. The Morgan fingerprint density at radius 3 is 2.50 bits per heavy atom. The SMILES string of the molecule is Cc1cccc(N2CCCC2)c1N=C1CCCCN1C. The van der Waals surface area contributed by atoms with Crippen LogP contribution in [0.1, 0.15) is 37.7 Å². The normalized spacial score (nSPS) is 21.8. The van der Waals surface area contributed by atoms with E-state index in [9.17, 15) is 0 Å². The van der Waals surface area contributed by atoms with Crippen molar-refractivity contribution in [3.05, 3.63) is 23.8 Å². The van der Waals surface area contributed by atoms with Crippen LogP contribution in [0.5, 0.6) is 0 Å². The fourth-order valence-electron chi connectivity index (χ4n) is 3.22. The molecule has 0 N–H and O–H groups in total. The van der Waals surface area contributed by atoms with Gasteiger partial charge in [0.2, 0.25) is 0 Å². The number of hydrogen-bond acceptors (Lipinski definition) is 2. The largest absolute Gasteiger partial charge is 0.370 e. The minimum atomic E-state index is 1.12. The van der Waals surface area contributed by atoms with Crippen LogP contribution in [0, 0.1) is 6.92 Å². The molecule has 0 aromatic heterocycles. The highest BCUT2D eigenvalue weighted by Crippen LogP contribution is 2.35. The number of para-hydroxylation sites is 1. The average Bonchev–Trinajstić information content (AvgIpc) is 2.97. The Kier molecular flexibility index (Phi) is 3.95. The minimum Gasteiger partial charge on any atom is -0.370 e. The second-order valence-corrected chi connectivity index (χ2v) is 6.04. The summed E-state index contributed by atoms with van der Waals surface area (Å²) < 4.78 is 0. The van der Waals surface area contributed by atoms with Gasteiger partial charge in [-0.25, -0.2) is 4.99 Å². The second kappa shape index (κ2) is 5.86. The van der Waals surface area contributed by atoms with Crippen LogP contribution in [0.4, 0.5) is 11.4 Å². The molecule has 3 rings (SSSR count). The number of likely N-dealkylation sites (tertiary alicyclic amines) is 1. The van der Waals surface area contributed by atoms with Crippen molar-refractivity contribution in [3.63, 3.8) is 0 Å². The summed E-state index contributed by atoms with van der Waals surface area (Å²) in [7, 11) is 2.17. The summed E-state index contributed by atoms with van der Waals surface area (Å²) in [5.74, 6) is 1.26. The molecule has 0 unspecified atom stereocenters. The van der Waals surface area contributed by atoms with E-state index in [4.69, 9.17) is 4.99 Å². The molecule has 3 heteroatoms. The maximum absolute atomic E-state index is 5.04. The molecule has 2 aliphatic heterocycles. The van der Waals surface area contributed by atoms with Gasteiger partial charge in [-0.1, -0.05) is 12.1 Å². The molecule has 0 bridgehead atoms. The second-order valence-electron chi connectivity index (χ2n) is 6.04. The van der Waals surface area contributed by atoms with E-state index >= 15 is 0 Å². The lowest BCUT2D eigenvalue weighted by Crippen LogP contribution is -2.31. The number of piperidine rings is 1. The zero-order valence-corrected chi connectivity index (χ0v) is 12.7. The Labute approximate surface area is 122 Å². The summed E-state index contributed by atoms with van der Waals surface area (Å²) in [5.41, 5.74) is 3.81. The van der Waals surface area contributed by atoms with Crippen molar-refractivity contribution < 1.29 is 0 Å². The molecule has 0 aliphatic carbocycles. The highest BCUT2D eigenvalue weighted by Gasteiger charge is 2.18. The summed E-state index contributed by atoms with van der Waals surface area (Å²) in [6.07, 6.45) is 6.30. The molecular formula is C17H25N3. The maximum Gasteiger partial charge on any atom is 0.105 e. The summed E-state index contributed by atoms with van der Waals surface area (Å²) in [5, 5.41) is 0. The van der Waals surface area contributed by atoms with Crippen LogP contribution in [0.15, 0.2) is 23.2 Å². The van der Waals surface area contributed by atoms with Gasteiger partial charge in [-0.05, 0) is 44.2 Å². The molecule has 2 aliphatic rings. The van der Waals surface area contributed by atoms with Gasteiger partial charge in [0.15, 0.2) is 0 Å². The van der Waals surface area contributed by atoms with Gasteiger partial charge in [-0.15, -0.1) is 0 Å². The number of nitrogens with zero attached hydrogens (tertiary/aromatic N) is 3. The lowest BCUT2D eigenvalue weighted by Gasteiger charge is -2.27. The zero-order valence-electron chi connectivity index (χ0n) is 12.7. The number of rotatable bonds is 2. The summed E-state index contributed by atoms with van der Waals surface area (Å²) in [6.45, 7) is 5.68. The van der Waals surface area contributed by atoms with Crippen LogP contribution < -0.4 is 4.90 Å². The van der Waals surface area contributed by atoms with Crippen LogP contribution in [0.3, 0.4) is 0 Å². The Morgan fingerprint density at radius 2 is 1.75 bits per heavy atom. The van der Waals surface area contributed by atoms with Crippen LogP contribution in [-0.2, 0) is 0 Å². The van der Waals surface area contributed by atoms with E-state index in [-0.39, 0.29) is 0 Å². The Morgan fingerprint density at radius 1 is 1.00 bits per heavy atom. The smallest absolute Gasteiger partial charge is 0.105 e. The monoisotopic (exact) mass is 271 g/mol. The highest BCUT2D eigenvalue weighted by molar-refractivity contribution is 5.88. The first-order valence-corrected chi connectivity index (χ1v) is 7.89. The van der Waals surface area contributed by atoms with Gasteiger partial charge in [0, 0.05) is 33.1 Å². The Hall–Kier alpha value is -1.51. The van der Waals surface area contributed by atoms with Crippen LogP contribution in [0.25, 0.3) is 0 Å². The van der Waals surface area contributed by atoms with Crippen LogP contribution in [0.2, 0.25) is 0 Å². The molecule has 0 saturated carbocycles. The third-order valence-corrected chi connectivity index (χ3v) is 4.49. The molecule has 2 saturated heterocycles. The number of anilines is 1. The lowest BCUT2D eigenvalue weighted by atomic mass is 10.1. The van der Waals surface area contributed by atoms with Crippen molar-refractivity contribution >= 4 is 17.2 Å². The van der Waals surface area contributed by atoms with Crippen molar-refractivity contribution in [2.24, 2.45) is 4.99 Å². The summed E-state index contributed by atoms with van der Waals surface area (Å²) in [6, 6.07) is 6.58. The zero-order chi connectivity index (χ0) is 13.9. The summed E-state index contributed by atoms with van der Waals surface area (Å²) >= 11 is 0. The summed E-state index contributed by atoms with van der Waals surface area (Å²) in [4.78, 5) is 9.86. The quantitative estimate of drug-likeness (QED) is 0.816. The van der Waals surface area contributed by atoms with Crippen molar-refractivity contribution in [2.45, 2.75) is 39.0 Å². The van der Waals surface area contributed by atoms with Gasteiger partial charge in [0.25, 0.3) is 0 Å². The average molecular weight is 271 g/mol. The van der Waals surface area contributed by atoms with E-state index in [1.807, 2.05) is 0 Å². The number of aryl methyl sites for hydroxylation is 1. The number of benzene rings is 1. The molecule has 3 nitrogen and oxygen atoms in total. The molecule has 1 aromatic carbocycles. The fourth-order valence-corrected chi connectivity index (χ4v) is 3.22.